The number of aryl methyl sites for hydroxylation is 1. The Balaban J connectivity index is 1.69. The Morgan fingerprint density at radius 2 is 1.97 bits per heavy atom. The van der Waals surface area contributed by atoms with Gasteiger partial charge >= 0.3 is 6.09 Å². The van der Waals surface area contributed by atoms with Crippen LogP contribution in [0.2, 0.25) is 0 Å². The summed E-state index contributed by atoms with van der Waals surface area (Å²) in [4.78, 5) is 28.5. The molecule has 0 saturated heterocycles. The number of methoxy groups -OCH3 is 1. The van der Waals surface area contributed by atoms with Crippen molar-refractivity contribution in [3.63, 3.8) is 0 Å². The van der Waals surface area contributed by atoms with Gasteiger partial charge in [-0.1, -0.05) is 26.8 Å². The number of aromatic amines is 1. The fourth-order valence-corrected chi connectivity index (χ4v) is 5.24. The lowest BCUT2D eigenvalue weighted by atomic mass is 9.96. The Morgan fingerprint density at radius 3 is 2.63 bits per heavy atom. The third kappa shape index (κ3) is 6.29. The standard InChI is InChI=1S/C26H33FN6O4S/c1-15(29-25(34)37-5)9-12-20-28-14-13-19(30-20)23-22(31-24(32-23)26(2,3)4)17-7-6-8-18(21(17)27)33-38(35,36)16-10-11-16/h6-8,13-16,33H,9-12H2,1-5H3,(H,29,34)(H,31,32)/t15-/m0/s1. The van der Waals surface area contributed by atoms with Crippen LogP contribution in [-0.4, -0.2) is 52.8 Å². The average Bonchev–Trinajstić information content (AvgIpc) is 3.63. The van der Waals surface area contributed by atoms with Gasteiger partial charge in [-0.05, 0) is 44.4 Å². The number of alkyl carbamates (subject to hydrolysis) is 1. The maximum atomic E-state index is 15.7. The number of hydrogen-bond donors (Lipinski definition) is 3. The van der Waals surface area contributed by atoms with Crippen molar-refractivity contribution in [1.82, 2.24) is 25.3 Å². The van der Waals surface area contributed by atoms with Crippen LogP contribution in [0.5, 0.6) is 0 Å². The Morgan fingerprint density at radius 1 is 1.24 bits per heavy atom. The summed E-state index contributed by atoms with van der Waals surface area (Å²) in [6, 6.07) is 6.13. The number of halogens is 1. The average molecular weight is 545 g/mol. The first-order chi connectivity index (χ1) is 17.9. The molecule has 3 aromatic rings. The zero-order valence-electron chi connectivity index (χ0n) is 22.1. The molecular formula is C26H33FN6O4S. The van der Waals surface area contributed by atoms with Gasteiger partial charge in [0.2, 0.25) is 10.0 Å². The van der Waals surface area contributed by atoms with Gasteiger partial charge in [-0.2, -0.15) is 0 Å². The van der Waals surface area contributed by atoms with Gasteiger partial charge < -0.3 is 15.0 Å². The smallest absolute Gasteiger partial charge is 0.407 e. The van der Waals surface area contributed by atoms with Crippen LogP contribution in [0.1, 0.15) is 58.6 Å². The number of carbonyl (C=O) groups is 1. The molecule has 0 spiro atoms. The number of sulfonamides is 1. The van der Waals surface area contributed by atoms with Crippen molar-refractivity contribution in [3.8, 4) is 22.6 Å². The van der Waals surface area contributed by atoms with Gasteiger partial charge in [0.15, 0.2) is 5.82 Å². The van der Waals surface area contributed by atoms with E-state index in [-0.39, 0.29) is 22.7 Å². The number of benzene rings is 1. The summed E-state index contributed by atoms with van der Waals surface area (Å²) in [7, 11) is -2.33. The molecule has 0 bridgehead atoms. The van der Waals surface area contributed by atoms with E-state index >= 15 is 4.39 Å². The number of nitrogens with zero attached hydrogens (tertiary/aromatic N) is 3. The number of nitrogens with one attached hydrogen (secondary N) is 3. The zero-order chi connectivity index (χ0) is 27.7. The molecule has 2 heterocycles. The third-order valence-corrected chi connectivity index (χ3v) is 8.05. The number of imidazole rings is 1. The van der Waals surface area contributed by atoms with E-state index in [9.17, 15) is 13.2 Å². The van der Waals surface area contributed by atoms with Crippen LogP contribution < -0.4 is 10.0 Å². The minimum atomic E-state index is -3.64. The van der Waals surface area contributed by atoms with Crippen molar-refractivity contribution in [2.75, 3.05) is 11.8 Å². The maximum Gasteiger partial charge on any atom is 0.407 e. The molecule has 204 valence electrons. The first-order valence-corrected chi connectivity index (χ1v) is 14.0. The minimum absolute atomic E-state index is 0.115. The van der Waals surface area contributed by atoms with E-state index in [4.69, 9.17) is 4.98 Å². The van der Waals surface area contributed by atoms with Gasteiger partial charge in [0.25, 0.3) is 0 Å². The Hall–Kier alpha value is -3.54. The van der Waals surface area contributed by atoms with E-state index in [1.54, 1.807) is 24.4 Å². The summed E-state index contributed by atoms with van der Waals surface area (Å²) in [6.45, 7) is 7.81. The molecule has 3 N–H and O–H groups in total. The van der Waals surface area contributed by atoms with Crippen LogP contribution in [-0.2, 0) is 26.6 Å². The molecule has 0 unspecified atom stereocenters. The second-order valence-corrected chi connectivity index (χ2v) is 12.5. The summed E-state index contributed by atoms with van der Waals surface area (Å²) < 4.78 is 47.7. The topological polar surface area (TPSA) is 139 Å². The lowest BCUT2D eigenvalue weighted by Crippen LogP contribution is -2.32. The van der Waals surface area contributed by atoms with Crippen molar-refractivity contribution in [1.29, 1.82) is 0 Å². The van der Waals surface area contributed by atoms with Gasteiger partial charge in [-0.15, -0.1) is 0 Å². The van der Waals surface area contributed by atoms with Gasteiger partial charge in [0, 0.05) is 29.6 Å². The molecule has 1 atom stereocenters. The Labute approximate surface area is 221 Å². The van der Waals surface area contributed by atoms with Crippen molar-refractivity contribution < 1.29 is 22.3 Å². The first-order valence-electron chi connectivity index (χ1n) is 12.5. The molecule has 12 heteroatoms. The summed E-state index contributed by atoms with van der Waals surface area (Å²) in [5, 5.41) is 2.23. The van der Waals surface area contributed by atoms with Gasteiger partial charge in [0.1, 0.15) is 17.3 Å². The highest BCUT2D eigenvalue weighted by atomic mass is 32.2. The van der Waals surface area contributed by atoms with E-state index in [1.807, 2.05) is 27.7 Å². The lowest BCUT2D eigenvalue weighted by Gasteiger charge is -2.14. The maximum absolute atomic E-state index is 15.7. The van der Waals surface area contributed by atoms with Crippen LogP contribution in [0.3, 0.4) is 0 Å². The monoisotopic (exact) mass is 544 g/mol. The minimum Gasteiger partial charge on any atom is -0.453 e. The van der Waals surface area contributed by atoms with E-state index < -0.39 is 27.2 Å². The van der Waals surface area contributed by atoms with E-state index in [0.29, 0.717) is 54.4 Å². The lowest BCUT2D eigenvalue weighted by molar-refractivity contribution is 0.167. The molecule has 4 rings (SSSR count). The highest BCUT2D eigenvalue weighted by Gasteiger charge is 2.36. The fourth-order valence-electron chi connectivity index (χ4n) is 3.85. The molecule has 2 aromatic heterocycles. The largest absolute Gasteiger partial charge is 0.453 e. The van der Waals surface area contributed by atoms with E-state index in [0.717, 1.165) is 0 Å². The molecule has 1 fully saturated rings. The number of ether oxygens (including phenoxy) is 1. The van der Waals surface area contributed by atoms with Gasteiger partial charge in [0.05, 0.1) is 29.4 Å². The van der Waals surface area contributed by atoms with Gasteiger partial charge in [-0.3, -0.25) is 4.72 Å². The van der Waals surface area contributed by atoms with Crippen molar-refractivity contribution in [2.45, 2.75) is 70.1 Å². The second kappa shape index (κ2) is 10.7. The number of H-pyrrole nitrogens is 1. The number of anilines is 1. The van der Waals surface area contributed by atoms with Crippen molar-refractivity contribution >= 4 is 21.8 Å². The zero-order valence-corrected chi connectivity index (χ0v) is 22.9. The van der Waals surface area contributed by atoms with Crippen molar-refractivity contribution in [2.24, 2.45) is 0 Å². The molecule has 1 amide bonds. The Kier molecular flexibility index (Phi) is 7.73. The number of aromatic nitrogens is 4. The van der Waals surface area contributed by atoms with Crippen LogP contribution in [0.15, 0.2) is 30.5 Å². The predicted molar refractivity (Wildman–Crippen MR) is 143 cm³/mol. The number of carbonyl (C=O) groups excluding carboxylic acids is 1. The molecule has 1 saturated carbocycles. The van der Waals surface area contributed by atoms with Crippen LogP contribution in [0, 0.1) is 5.82 Å². The second-order valence-electron chi connectivity index (χ2n) is 10.5. The highest BCUT2D eigenvalue weighted by molar-refractivity contribution is 7.93. The summed E-state index contributed by atoms with van der Waals surface area (Å²) in [6.07, 6.45) is 3.33. The van der Waals surface area contributed by atoms with Crippen LogP contribution in [0.4, 0.5) is 14.9 Å². The third-order valence-electron chi connectivity index (χ3n) is 6.20. The number of rotatable bonds is 9. The summed E-state index contributed by atoms with van der Waals surface area (Å²) in [5.41, 5.74) is 1.00. The molecule has 10 nitrogen and oxygen atoms in total. The van der Waals surface area contributed by atoms with E-state index in [2.05, 4.69) is 29.7 Å². The summed E-state index contributed by atoms with van der Waals surface area (Å²) in [5.74, 6) is 0.467. The Bertz CT molecular complexity index is 1430. The molecule has 38 heavy (non-hydrogen) atoms. The SMILES string of the molecule is COC(=O)N[C@@H](C)CCc1nccc(-c2[nH]c(C(C)(C)C)nc2-c2cccc(NS(=O)(=O)C3CC3)c2F)n1. The van der Waals surface area contributed by atoms with E-state index in [1.165, 1.54) is 13.2 Å². The van der Waals surface area contributed by atoms with Crippen LogP contribution in [0.25, 0.3) is 22.6 Å². The van der Waals surface area contributed by atoms with Crippen LogP contribution >= 0.6 is 0 Å². The molecule has 0 radical (unpaired) electrons. The predicted octanol–water partition coefficient (Wildman–Crippen LogP) is 4.55. The van der Waals surface area contributed by atoms with Crippen molar-refractivity contribution in [3.05, 3.63) is 47.9 Å². The molecule has 1 aliphatic carbocycles. The summed E-state index contributed by atoms with van der Waals surface area (Å²) >= 11 is 0. The number of amides is 1. The van der Waals surface area contributed by atoms with Gasteiger partial charge in [-0.25, -0.2) is 32.6 Å². The normalized spacial score (nSPS) is 14.7. The quantitative estimate of drug-likeness (QED) is 0.359. The number of hydrogen-bond acceptors (Lipinski definition) is 7. The molecule has 1 aliphatic rings. The molecule has 1 aromatic carbocycles. The highest BCUT2D eigenvalue weighted by Crippen LogP contribution is 2.37. The fraction of sp³-hybridized carbons (Fsp3) is 0.462. The molecular weight excluding hydrogens is 511 g/mol. The molecule has 0 aliphatic heterocycles. The first kappa shape index (κ1) is 27.5.